The molecule has 1 aromatic carbocycles. The fourth-order valence-corrected chi connectivity index (χ4v) is 7.16. The first-order chi connectivity index (χ1) is 20.8. The van der Waals surface area contributed by atoms with Gasteiger partial charge in [0.25, 0.3) is 0 Å². The molecule has 236 valence electrons. The molecule has 7 unspecified atom stereocenters. The molecule has 3 heterocycles. The fraction of sp³-hybridized carbons (Fsp3) is 0.625. The Morgan fingerprint density at radius 1 is 1.19 bits per heavy atom. The lowest BCUT2D eigenvalue weighted by Crippen LogP contribution is -2.55. The zero-order valence-corrected chi connectivity index (χ0v) is 26.8. The van der Waals surface area contributed by atoms with E-state index in [2.05, 4.69) is 29.6 Å². The second-order valence-corrected chi connectivity index (χ2v) is 12.6. The van der Waals surface area contributed by atoms with E-state index in [0.717, 1.165) is 29.8 Å². The number of thiazole rings is 1. The Bertz CT molecular complexity index is 1180. The lowest BCUT2D eigenvalue weighted by Gasteiger charge is -2.39. The van der Waals surface area contributed by atoms with Crippen molar-refractivity contribution in [1.29, 1.82) is 0 Å². The second kappa shape index (κ2) is 15.7. The molecule has 2 aliphatic rings. The summed E-state index contributed by atoms with van der Waals surface area (Å²) in [6.07, 6.45) is 4.46. The largest absolute Gasteiger partial charge is 0.379 e. The predicted molar refractivity (Wildman–Crippen MR) is 166 cm³/mol. The van der Waals surface area contributed by atoms with Crippen LogP contribution >= 0.6 is 11.3 Å². The van der Waals surface area contributed by atoms with Crippen molar-refractivity contribution in [2.45, 2.75) is 89.6 Å². The molecular formula is C32H47N5O5S. The van der Waals surface area contributed by atoms with Crippen molar-refractivity contribution >= 4 is 29.1 Å². The first-order valence-electron chi connectivity index (χ1n) is 15.4. The number of ether oxygens (including phenoxy) is 2. The van der Waals surface area contributed by atoms with Crippen LogP contribution in [0.5, 0.6) is 0 Å². The highest BCUT2D eigenvalue weighted by Gasteiger charge is 2.43. The number of carbonyl (C=O) groups excluding carboxylic acids is 3. The molecule has 7 atom stereocenters. The number of carbonyl (C=O) groups is 3. The van der Waals surface area contributed by atoms with Gasteiger partial charge in [0.2, 0.25) is 17.7 Å². The highest BCUT2D eigenvalue weighted by molar-refractivity contribution is 7.09. The topological polar surface area (TPSA) is 113 Å². The number of aromatic nitrogens is 1. The normalized spacial score (nSPS) is 21.3. The third-order valence-corrected chi connectivity index (χ3v) is 9.89. The molecular weight excluding hydrogens is 566 g/mol. The maximum atomic E-state index is 13.8. The number of benzene rings is 1. The number of methoxy groups -OCH3 is 2. The van der Waals surface area contributed by atoms with Crippen molar-refractivity contribution in [2.75, 3.05) is 27.3 Å². The van der Waals surface area contributed by atoms with Crippen molar-refractivity contribution in [1.82, 2.24) is 25.6 Å². The molecule has 4 rings (SSSR count). The molecule has 2 N–H and O–H groups in total. The first kappa shape index (κ1) is 33.0. The number of hydrogen-bond acceptors (Lipinski definition) is 8. The first-order valence-corrected chi connectivity index (χ1v) is 16.3. The number of likely N-dealkylation sites (tertiary alicyclic amines) is 1. The third-order valence-electron chi connectivity index (χ3n) is 9.00. The minimum Gasteiger partial charge on any atom is -0.379 e. The monoisotopic (exact) mass is 613 g/mol. The third kappa shape index (κ3) is 8.00. The van der Waals surface area contributed by atoms with Crippen LogP contribution in [0.15, 0.2) is 41.9 Å². The van der Waals surface area contributed by atoms with E-state index in [0.29, 0.717) is 25.9 Å². The van der Waals surface area contributed by atoms with Gasteiger partial charge < -0.3 is 19.7 Å². The molecule has 11 heteroatoms. The molecule has 2 fully saturated rings. The van der Waals surface area contributed by atoms with E-state index < -0.39 is 18.1 Å². The van der Waals surface area contributed by atoms with Crippen LogP contribution in [0.4, 0.5) is 0 Å². The van der Waals surface area contributed by atoms with Gasteiger partial charge in [-0.25, -0.2) is 10.4 Å². The van der Waals surface area contributed by atoms with E-state index in [1.807, 2.05) is 47.5 Å². The van der Waals surface area contributed by atoms with Crippen molar-refractivity contribution in [3.63, 3.8) is 0 Å². The van der Waals surface area contributed by atoms with Crippen molar-refractivity contribution in [3.05, 3.63) is 52.5 Å². The standard InChI is InChI=1S/C32H47N5O5S/c1-6-21(2)29(37-27(38)14-15-34-37)26(41-4)20-28(39)36-17-10-13-25(36)30(42-5)22(3)31(40)35-24(32-33-16-18-43-32)19-23-11-8-7-9-12-23/h7-9,11-12,16,18,21-22,24-26,29-30,34H,6,10,13-15,17,19-20H2,1-5H3,(H,35,40). The summed E-state index contributed by atoms with van der Waals surface area (Å²) in [6.45, 7) is 7.23. The Morgan fingerprint density at radius 2 is 1.95 bits per heavy atom. The summed E-state index contributed by atoms with van der Waals surface area (Å²) in [7, 11) is 3.22. The van der Waals surface area contributed by atoms with Gasteiger partial charge >= 0.3 is 0 Å². The number of rotatable bonds is 15. The summed E-state index contributed by atoms with van der Waals surface area (Å²) >= 11 is 1.52. The van der Waals surface area contributed by atoms with Crippen LogP contribution in [0.3, 0.4) is 0 Å². The van der Waals surface area contributed by atoms with E-state index in [1.54, 1.807) is 25.4 Å². The molecule has 0 spiro atoms. The van der Waals surface area contributed by atoms with Crippen molar-refractivity contribution < 1.29 is 23.9 Å². The van der Waals surface area contributed by atoms with Gasteiger partial charge in [-0.15, -0.1) is 11.3 Å². The van der Waals surface area contributed by atoms with Crippen LogP contribution in [0.2, 0.25) is 0 Å². The lowest BCUT2D eigenvalue weighted by molar-refractivity contribution is -0.146. The smallest absolute Gasteiger partial charge is 0.238 e. The number of amides is 3. The number of nitrogens with zero attached hydrogens (tertiary/aromatic N) is 3. The minimum atomic E-state index is -0.501. The number of nitrogens with one attached hydrogen (secondary N) is 2. The van der Waals surface area contributed by atoms with Crippen LogP contribution in [-0.2, 0) is 30.3 Å². The molecule has 3 amide bonds. The number of hydrazine groups is 1. The SMILES string of the molecule is CCC(C)C(C(CC(=O)N1CCCC1C(OC)C(C)C(=O)NC(Cc1ccccc1)c1nccs1)OC)N1NCCC1=O. The molecule has 0 saturated carbocycles. The summed E-state index contributed by atoms with van der Waals surface area (Å²) < 4.78 is 11.8. The molecule has 0 bridgehead atoms. The van der Waals surface area contributed by atoms with E-state index in [4.69, 9.17) is 9.47 Å². The minimum absolute atomic E-state index is 0.0291. The fourth-order valence-electron chi connectivity index (χ4n) is 6.47. The molecule has 0 radical (unpaired) electrons. The quantitative estimate of drug-likeness (QED) is 0.315. The predicted octanol–water partition coefficient (Wildman–Crippen LogP) is 3.74. The summed E-state index contributed by atoms with van der Waals surface area (Å²) in [5.74, 6) is -0.513. The molecule has 10 nitrogen and oxygen atoms in total. The van der Waals surface area contributed by atoms with Crippen molar-refractivity contribution in [3.8, 4) is 0 Å². The maximum Gasteiger partial charge on any atom is 0.238 e. The Morgan fingerprint density at radius 3 is 2.56 bits per heavy atom. The van der Waals surface area contributed by atoms with E-state index in [1.165, 1.54) is 11.3 Å². The number of hydrogen-bond donors (Lipinski definition) is 2. The van der Waals surface area contributed by atoms with E-state index in [9.17, 15) is 14.4 Å². The van der Waals surface area contributed by atoms with E-state index in [-0.39, 0.29) is 48.2 Å². The van der Waals surface area contributed by atoms with Gasteiger partial charge in [-0.1, -0.05) is 57.5 Å². The maximum absolute atomic E-state index is 13.8. The van der Waals surface area contributed by atoms with Crippen LogP contribution < -0.4 is 10.7 Å². The van der Waals surface area contributed by atoms with Crippen LogP contribution in [0.1, 0.15) is 69.5 Å². The van der Waals surface area contributed by atoms with Crippen LogP contribution in [0, 0.1) is 11.8 Å². The summed E-state index contributed by atoms with van der Waals surface area (Å²) in [6, 6.07) is 9.28. The zero-order chi connectivity index (χ0) is 30.9. The Kier molecular flexibility index (Phi) is 12.1. The zero-order valence-electron chi connectivity index (χ0n) is 26.0. The summed E-state index contributed by atoms with van der Waals surface area (Å²) in [4.78, 5) is 46.5. The Hall–Kier alpha value is -2.86. The van der Waals surface area contributed by atoms with Gasteiger partial charge in [-0.2, -0.15) is 0 Å². The van der Waals surface area contributed by atoms with Gasteiger partial charge in [0.05, 0.1) is 42.7 Å². The van der Waals surface area contributed by atoms with Crippen molar-refractivity contribution in [2.24, 2.45) is 11.8 Å². The molecule has 2 aliphatic heterocycles. The highest BCUT2D eigenvalue weighted by atomic mass is 32.1. The Balaban J connectivity index is 1.46. The van der Waals surface area contributed by atoms with Gasteiger partial charge in [0, 0.05) is 45.3 Å². The second-order valence-electron chi connectivity index (χ2n) is 11.7. The highest BCUT2D eigenvalue weighted by Crippen LogP contribution is 2.30. The van der Waals surface area contributed by atoms with Gasteiger partial charge in [-0.3, -0.25) is 19.4 Å². The van der Waals surface area contributed by atoms with Gasteiger partial charge in [0.1, 0.15) is 5.01 Å². The van der Waals surface area contributed by atoms with Crippen LogP contribution in [-0.4, -0.2) is 84.2 Å². The average molecular weight is 614 g/mol. The molecule has 43 heavy (non-hydrogen) atoms. The van der Waals surface area contributed by atoms with E-state index >= 15 is 0 Å². The summed E-state index contributed by atoms with van der Waals surface area (Å²) in [5.41, 5.74) is 4.31. The summed E-state index contributed by atoms with van der Waals surface area (Å²) in [5, 5.41) is 7.66. The van der Waals surface area contributed by atoms with Gasteiger partial charge in [-0.05, 0) is 30.7 Å². The van der Waals surface area contributed by atoms with Gasteiger partial charge in [0.15, 0.2) is 0 Å². The lowest BCUT2D eigenvalue weighted by atomic mass is 9.91. The molecule has 0 aliphatic carbocycles. The van der Waals surface area contributed by atoms with Crippen LogP contribution in [0.25, 0.3) is 0 Å². The average Bonchev–Trinajstić information content (AvgIpc) is 3.80. The Labute approximate surface area is 259 Å². The molecule has 2 aromatic rings. The molecule has 1 aromatic heterocycles. The molecule has 2 saturated heterocycles.